The van der Waals surface area contributed by atoms with Crippen molar-refractivity contribution in [3.63, 3.8) is 0 Å². The molecule has 3 amide bonds. The van der Waals surface area contributed by atoms with E-state index in [1.807, 2.05) is 0 Å². The van der Waals surface area contributed by atoms with Crippen LogP contribution in [0.25, 0.3) is 0 Å². The highest BCUT2D eigenvalue weighted by Gasteiger charge is 2.43. The molecule has 1 atom stereocenters. The standard InChI is InChI=1S/C23H27F3N4O3/c1-2-8-30-18-15-29(10-3-9-28-11-13-33-14-12-28)21(31)19(18)20(27-22(30)32)16-4-6-17(7-5-16)23(24,25)26/h2,4-7,20H,1,3,8-15H2,(H,27,32)/t20-/m0/s1. The van der Waals surface area contributed by atoms with E-state index in [4.69, 9.17) is 4.74 Å². The van der Waals surface area contributed by atoms with Crippen LogP contribution in [-0.2, 0) is 15.7 Å². The molecular formula is C23H27F3N4O3. The molecule has 0 aliphatic carbocycles. The molecule has 1 fully saturated rings. The Labute approximate surface area is 190 Å². The molecule has 7 nitrogen and oxygen atoms in total. The number of hydrogen-bond acceptors (Lipinski definition) is 4. The van der Waals surface area contributed by atoms with Crippen LogP contribution in [0.15, 0.2) is 48.2 Å². The summed E-state index contributed by atoms with van der Waals surface area (Å²) in [5, 5.41) is 2.79. The highest BCUT2D eigenvalue weighted by molar-refractivity contribution is 6.01. The zero-order chi connectivity index (χ0) is 23.6. The van der Waals surface area contributed by atoms with Crippen molar-refractivity contribution in [2.45, 2.75) is 18.6 Å². The molecule has 0 unspecified atom stereocenters. The maximum absolute atomic E-state index is 13.3. The van der Waals surface area contributed by atoms with Gasteiger partial charge in [0.1, 0.15) is 0 Å². The van der Waals surface area contributed by atoms with Gasteiger partial charge >= 0.3 is 12.2 Å². The van der Waals surface area contributed by atoms with E-state index in [2.05, 4.69) is 16.8 Å². The summed E-state index contributed by atoms with van der Waals surface area (Å²) in [7, 11) is 0. The van der Waals surface area contributed by atoms with Crippen molar-refractivity contribution in [1.82, 2.24) is 20.0 Å². The Hall–Kier alpha value is -2.85. The van der Waals surface area contributed by atoms with Gasteiger partial charge in [0.15, 0.2) is 0 Å². The number of benzene rings is 1. The van der Waals surface area contributed by atoms with E-state index < -0.39 is 23.8 Å². The molecule has 0 saturated carbocycles. The van der Waals surface area contributed by atoms with E-state index in [0.29, 0.717) is 36.6 Å². The first-order valence-electron chi connectivity index (χ1n) is 11.0. The lowest BCUT2D eigenvalue weighted by atomic mass is 9.94. The number of rotatable bonds is 7. The first-order chi connectivity index (χ1) is 15.8. The van der Waals surface area contributed by atoms with Crippen molar-refractivity contribution >= 4 is 11.9 Å². The Kier molecular flexibility index (Phi) is 6.76. The van der Waals surface area contributed by atoms with Crippen molar-refractivity contribution < 1.29 is 27.5 Å². The number of carbonyl (C=O) groups is 2. The molecule has 3 heterocycles. The van der Waals surface area contributed by atoms with Gasteiger partial charge in [0.25, 0.3) is 5.91 Å². The maximum Gasteiger partial charge on any atom is 0.416 e. The van der Waals surface area contributed by atoms with Crippen LogP contribution in [0.2, 0.25) is 0 Å². The molecule has 0 bridgehead atoms. The van der Waals surface area contributed by atoms with Gasteiger partial charge in [0.2, 0.25) is 0 Å². The number of hydrogen-bond donors (Lipinski definition) is 1. The molecule has 1 aromatic rings. The van der Waals surface area contributed by atoms with E-state index in [1.165, 1.54) is 17.0 Å². The van der Waals surface area contributed by atoms with Crippen molar-refractivity contribution in [1.29, 1.82) is 0 Å². The van der Waals surface area contributed by atoms with Gasteiger partial charge in [-0.3, -0.25) is 14.6 Å². The molecule has 3 aliphatic rings. The number of nitrogens with zero attached hydrogens (tertiary/aromatic N) is 3. The summed E-state index contributed by atoms with van der Waals surface area (Å²) in [6.07, 6.45) is -2.10. The summed E-state index contributed by atoms with van der Waals surface area (Å²) in [5.74, 6) is -0.203. The number of halogens is 3. The van der Waals surface area contributed by atoms with Crippen LogP contribution in [0.1, 0.15) is 23.6 Å². The largest absolute Gasteiger partial charge is 0.416 e. The first-order valence-corrected chi connectivity index (χ1v) is 11.0. The zero-order valence-electron chi connectivity index (χ0n) is 18.2. The van der Waals surface area contributed by atoms with Gasteiger partial charge in [0.05, 0.1) is 42.6 Å². The Balaban J connectivity index is 1.53. The minimum absolute atomic E-state index is 0.203. The van der Waals surface area contributed by atoms with Gasteiger partial charge in [-0.15, -0.1) is 6.58 Å². The van der Waals surface area contributed by atoms with Crippen LogP contribution in [0.3, 0.4) is 0 Å². The van der Waals surface area contributed by atoms with E-state index in [0.717, 1.165) is 38.2 Å². The summed E-state index contributed by atoms with van der Waals surface area (Å²) in [5.41, 5.74) is 0.645. The number of nitrogens with one attached hydrogen (secondary N) is 1. The lowest BCUT2D eigenvalue weighted by molar-refractivity contribution is -0.137. The van der Waals surface area contributed by atoms with Crippen LogP contribution >= 0.6 is 0 Å². The molecule has 0 spiro atoms. The van der Waals surface area contributed by atoms with Gasteiger partial charge < -0.3 is 15.0 Å². The molecule has 3 aliphatic heterocycles. The van der Waals surface area contributed by atoms with Crippen LogP contribution in [-0.4, -0.2) is 79.1 Å². The van der Waals surface area contributed by atoms with Gasteiger partial charge in [-0.1, -0.05) is 18.2 Å². The molecule has 4 rings (SSSR count). The number of amides is 3. The molecule has 1 aromatic carbocycles. The first kappa shape index (κ1) is 23.3. The Morgan fingerprint density at radius 2 is 1.82 bits per heavy atom. The van der Waals surface area contributed by atoms with Crippen LogP contribution in [0.4, 0.5) is 18.0 Å². The summed E-state index contributed by atoms with van der Waals surface area (Å²) in [4.78, 5) is 31.6. The number of alkyl halides is 3. The minimum Gasteiger partial charge on any atom is -0.379 e. The predicted octanol–water partition coefficient (Wildman–Crippen LogP) is 2.78. The Bertz CT molecular complexity index is 939. The van der Waals surface area contributed by atoms with E-state index >= 15 is 0 Å². The second kappa shape index (κ2) is 9.56. The van der Waals surface area contributed by atoms with Crippen LogP contribution in [0, 0.1) is 0 Å². The summed E-state index contributed by atoms with van der Waals surface area (Å²) < 4.78 is 44.3. The average molecular weight is 464 g/mol. The second-order valence-corrected chi connectivity index (χ2v) is 8.30. The Morgan fingerprint density at radius 3 is 2.45 bits per heavy atom. The van der Waals surface area contributed by atoms with Crippen LogP contribution < -0.4 is 5.32 Å². The van der Waals surface area contributed by atoms with Gasteiger partial charge in [0, 0.05) is 32.7 Å². The summed E-state index contributed by atoms with van der Waals surface area (Å²) in [6, 6.07) is 3.37. The molecule has 33 heavy (non-hydrogen) atoms. The van der Waals surface area contributed by atoms with Gasteiger partial charge in [-0.05, 0) is 24.1 Å². The molecule has 0 aromatic heterocycles. The van der Waals surface area contributed by atoms with E-state index in [9.17, 15) is 22.8 Å². The fraction of sp³-hybridized carbons (Fsp3) is 0.478. The Morgan fingerprint density at radius 1 is 1.12 bits per heavy atom. The molecule has 178 valence electrons. The van der Waals surface area contributed by atoms with Gasteiger partial charge in [-0.2, -0.15) is 13.2 Å². The number of ether oxygens (including phenoxy) is 1. The molecule has 0 radical (unpaired) electrons. The van der Waals surface area contributed by atoms with Crippen molar-refractivity contribution in [3.05, 3.63) is 59.3 Å². The monoisotopic (exact) mass is 464 g/mol. The summed E-state index contributed by atoms with van der Waals surface area (Å²) in [6.45, 7) is 8.72. The topological polar surface area (TPSA) is 65.1 Å². The van der Waals surface area contributed by atoms with Gasteiger partial charge in [-0.25, -0.2) is 4.79 Å². The third-order valence-corrected chi connectivity index (χ3v) is 6.19. The highest BCUT2D eigenvalue weighted by Crippen LogP contribution is 2.37. The van der Waals surface area contributed by atoms with Crippen LogP contribution in [0.5, 0.6) is 0 Å². The number of urea groups is 1. The number of carbonyl (C=O) groups excluding carboxylic acids is 2. The molecule has 10 heteroatoms. The normalized spacial score (nSPS) is 22.0. The third kappa shape index (κ3) is 4.91. The third-order valence-electron chi connectivity index (χ3n) is 6.19. The fourth-order valence-electron chi connectivity index (χ4n) is 4.48. The van der Waals surface area contributed by atoms with E-state index in [-0.39, 0.29) is 19.0 Å². The second-order valence-electron chi connectivity index (χ2n) is 8.30. The maximum atomic E-state index is 13.3. The minimum atomic E-state index is -4.46. The predicted molar refractivity (Wildman–Crippen MR) is 115 cm³/mol. The highest BCUT2D eigenvalue weighted by atomic mass is 19.4. The summed E-state index contributed by atoms with van der Waals surface area (Å²) >= 11 is 0. The zero-order valence-corrected chi connectivity index (χ0v) is 18.2. The van der Waals surface area contributed by atoms with E-state index in [1.54, 1.807) is 11.0 Å². The van der Waals surface area contributed by atoms with Crippen molar-refractivity contribution in [2.75, 3.05) is 52.5 Å². The smallest absolute Gasteiger partial charge is 0.379 e. The lowest BCUT2D eigenvalue weighted by Crippen LogP contribution is -2.47. The fourth-order valence-corrected chi connectivity index (χ4v) is 4.48. The molecular weight excluding hydrogens is 437 g/mol. The van der Waals surface area contributed by atoms with Crippen molar-refractivity contribution in [3.8, 4) is 0 Å². The molecule has 1 N–H and O–H groups in total. The average Bonchev–Trinajstić information content (AvgIpc) is 3.12. The SMILES string of the molecule is C=CCN1C(=O)N[C@@H](c2ccc(C(F)(F)F)cc2)C2=C1CN(CCCN1CCOCC1)C2=O. The van der Waals surface area contributed by atoms with Crippen molar-refractivity contribution in [2.24, 2.45) is 0 Å². The number of morpholine rings is 1. The quantitative estimate of drug-likeness (QED) is 0.631. The molecule has 1 saturated heterocycles. The lowest BCUT2D eigenvalue weighted by Gasteiger charge is -2.33.